The summed E-state index contributed by atoms with van der Waals surface area (Å²) in [5.41, 5.74) is 3.04. The summed E-state index contributed by atoms with van der Waals surface area (Å²) >= 11 is 0. The lowest BCUT2D eigenvalue weighted by Crippen LogP contribution is -2.39. The number of nitrogens with zero attached hydrogens (tertiary/aromatic N) is 2. The van der Waals surface area contributed by atoms with Gasteiger partial charge in [-0.15, -0.1) is 0 Å². The van der Waals surface area contributed by atoms with Crippen LogP contribution in [0.1, 0.15) is 35.3 Å². The van der Waals surface area contributed by atoms with E-state index in [0.717, 1.165) is 5.56 Å². The second-order valence-corrected chi connectivity index (χ2v) is 7.38. The van der Waals surface area contributed by atoms with Gasteiger partial charge in [-0.2, -0.15) is 5.26 Å². The zero-order valence-electron chi connectivity index (χ0n) is 17.6. The Labute approximate surface area is 182 Å². The van der Waals surface area contributed by atoms with Crippen LogP contribution in [0, 0.1) is 11.3 Å². The van der Waals surface area contributed by atoms with E-state index in [1.54, 1.807) is 47.4 Å². The summed E-state index contributed by atoms with van der Waals surface area (Å²) in [5.74, 6) is -0.859. The molecular weight excluding hydrogens is 388 g/mol. The highest BCUT2D eigenvalue weighted by Gasteiger charge is 2.21. The third kappa shape index (κ3) is 5.37. The Morgan fingerprint density at radius 1 is 0.903 bits per heavy atom. The minimum absolute atomic E-state index is 0.0406. The van der Waals surface area contributed by atoms with Crippen molar-refractivity contribution in [2.24, 2.45) is 0 Å². The number of hydrogen-bond donors (Lipinski definition) is 0. The second-order valence-electron chi connectivity index (χ2n) is 7.38. The van der Waals surface area contributed by atoms with E-state index in [9.17, 15) is 14.9 Å². The fraction of sp³-hybridized carbons (Fsp3) is 0.192. The van der Waals surface area contributed by atoms with Crippen molar-refractivity contribution in [2.75, 3.05) is 6.61 Å². The molecule has 0 aliphatic carbocycles. The van der Waals surface area contributed by atoms with Gasteiger partial charge in [0.05, 0.1) is 17.2 Å². The number of carbonyl (C=O) groups excluding carboxylic acids is 2. The molecule has 3 aromatic rings. The van der Waals surface area contributed by atoms with Gasteiger partial charge in [-0.3, -0.25) is 4.79 Å². The summed E-state index contributed by atoms with van der Waals surface area (Å²) in [6.07, 6.45) is 0. The predicted octanol–water partition coefficient (Wildman–Crippen LogP) is 4.82. The van der Waals surface area contributed by atoms with Gasteiger partial charge in [-0.05, 0) is 37.1 Å². The lowest BCUT2D eigenvalue weighted by Gasteiger charge is -2.26. The highest BCUT2D eigenvalue weighted by Crippen LogP contribution is 2.27. The van der Waals surface area contributed by atoms with Gasteiger partial charge < -0.3 is 9.64 Å². The Balaban J connectivity index is 1.75. The number of hydrogen-bond acceptors (Lipinski definition) is 4. The van der Waals surface area contributed by atoms with Crippen molar-refractivity contribution in [3.8, 4) is 17.2 Å². The third-order valence-electron chi connectivity index (χ3n) is 4.95. The lowest BCUT2D eigenvalue weighted by molar-refractivity contribution is -0.136. The fourth-order valence-electron chi connectivity index (χ4n) is 3.34. The van der Waals surface area contributed by atoms with Gasteiger partial charge in [0, 0.05) is 18.2 Å². The van der Waals surface area contributed by atoms with E-state index in [-0.39, 0.29) is 18.6 Å². The molecule has 0 bridgehead atoms. The first-order valence-corrected chi connectivity index (χ1v) is 10.1. The Kier molecular flexibility index (Phi) is 7.18. The molecule has 0 N–H and O–H groups in total. The van der Waals surface area contributed by atoms with Gasteiger partial charge in [0.2, 0.25) is 0 Å². The predicted molar refractivity (Wildman–Crippen MR) is 119 cm³/mol. The molecule has 0 atom stereocenters. The molecule has 0 saturated heterocycles. The molecule has 0 radical (unpaired) electrons. The molecule has 5 heteroatoms. The first kappa shape index (κ1) is 21.8. The lowest BCUT2D eigenvalue weighted by atomic mass is 9.96. The molecule has 0 spiro atoms. The van der Waals surface area contributed by atoms with Crippen LogP contribution in [-0.4, -0.2) is 29.4 Å². The molecule has 1 amide bonds. The highest BCUT2D eigenvalue weighted by molar-refractivity contribution is 5.99. The molecule has 0 saturated carbocycles. The summed E-state index contributed by atoms with van der Waals surface area (Å²) in [5, 5.41) is 9.40. The smallest absolute Gasteiger partial charge is 0.339 e. The Morgan fingerprint density at radius 3 is 2.19 bits per heavy atom. The van der Waals surface area contributed by atoms with Crippen molar-refractivity contribution in [3.63, 3.8) is 0 Å². The molecule has 0 heterocycles. The first-order chi connectivity index (χ1) is 15.0. The Hall–Kier alpha value is -3.91. The molecule has 0 aromatic heterocycles. The second kappa shape index (κ2) is 10.2. The maximum atomic E-state index is 12.8. The zero-order valence-corrected chi connectivity index (χ0v) is 17.6. The van der Waals surface area contributed by atoms with Crippen LogP contribution in [0.3, 0.4) is 0 Å². The van der Waals surface area contributed by atoms with Gasteiger partial charge in [0.25, 0.3) is 5.91 Å². The number of ether oxygens (including phenoxy) is 1. The van der Waals surface area contributed by atoms with Gasteiger partial charge >= 0.3 is 5.97 Å². The fourth-order valence-corrected chi connectivity index (χ4v) is 3.34. The number of amides is 1. The Morgan fingerprint density at radius 2 is 1.52 bits per heavy atom. The van der Waals surface area contributed by atoms with Crippen molar-refractivity contribution in [3.05, 3.63) is 95.6 Å². The van der Waals surface area contributed by atoms with E-state index in [2.05, 4.69) is 6.07 Å². The normalized spacial score (nSPS) is 10.4. The van der Waals surface area contributed by atoms with Gasteiger partial charge in [-0.1, -0.05) is 66.7 Å². The number of nitriles is 1. The minimum Gasteiger partial charge on any atom is -0.452 e. The van der Waals surface area contributed by atoms with Crippen LogP contribution < -0.4 is 0 Å². The van der Waals surface area contributed by atoms with Crippen LogP contribution in [0.4, 0.5) is 0 Å². The Bertz CT molecular complexity index is 1100. The molecule has 0 unspecified atom stereocenters. The van der Waals surface area contributed by atoms with Gasteiger partial charge in [0.1, 0.15) is 0 Å². The summed E-state index contributed by atoms with van der Waals surface area (Å²) in [4.78, 5) is 27.3. The van der Waals surface area contributed by atoms with Crippen molar-refractivity contribution < 1.29 is 14.3 Å². The summed E-state index contributed by atoms with van der Waals surface area (Å²) < 4.78 is 5.38. The average molecular weight is 412 g/mol. The van der Waals surface area contributed by atoms with Crippen molar-refractivity contribution >= 4 is 11.9 Å². The molecular formula is C26H24N2O3. The van der Waals surface area contributed by atoms with Crippen LogP contribution in [0.2, 0.25) is 0 Å². The monoisotopic (exact) mass is 412 g/mol. The van der Waals surface area contributed by atoms with E-state index < -0.39 is 5.97 Å². The first-order valence-electron chi connectivity index (χ1n) is 10.1. The van der Waals surface area contributed by atoms with E-state index in [1.807, 2.05) is 50.2 Å². The van der Waals surface area contributed by atoms with Crippen LogP contribution in [-0.2, 0) is 16.1 Å². The maximum absolute atomic E-state index is 12.8. The SMILES string of the molecule is CC(C)N(Cc1ccccc1)C(=O)COC(=O)c1ccccc1-c1ccccc1C#N. The van der Waals surface area contributed by atoms with Gasteiger partial charge in [0.15, 0.2) is 6.61 Å². The van der Waals surface area contributed by atoms with E-state index in [0.29, 0.717) is 28.8 Å². The molecule has 156 valence electrons. The number of esters is 1. The molecule has 0 fully saturated rings. The van der Waals surface area contributed by atoms with Crippen LogP contribution in [0.5, 0.6) is 0 Å². The standard InChI is InChI=1S/C26H24N2O3/c1-19(2)28(17-20-10-4-3-5-11-20)25(29)18-31-26(30)24-15-9-8-14-23(24)22-13-7-6-12-21(22)16-27/h3-15,19H,17-18H2,1-2H3. The number of carbonyl (C=O) groups is 2. The van der Waals surface area contributed by atoms with Crippen molar-refractivity contribution in [2.45, 2.75) is 26.4 Å². The molecule has 3 aromatic carbocycles. The van der Waals surface area contributed by atoms with E-state index in [1.165, 1.54) is 0 Å². The minimum atomic E-state index is -0.597. The van der Waals surface area contributed by atoms with E-state index >= 15 is 0 Å². The largest absolute Gasteiger partial charge is 0.452 e. The molecule has 5 nitrogen and oxygen atoms in total. The van der Waals surface area contributed by atoms with Crippen molar-refractivity contribution in [1.29, 1.82) is 5.26 Å². The summed E-state index contributed by atoms with van der Waals surface area (Å²) in [6, 6.07) is 25.8. The molecule has 0 aliphatic heterocycles. The quantitative estimate of drug-likeness (QED) is 0.522. The topological polar surface area (TPSA) is 70.4 Å². The third-order valence-corrected chi connectivity index (χ3v) is 4.95. The molecule has 3 rings (SSSR count). The zero-order chi connectivity index (χ0) is 22.2. The van der Waals surface area contributed by atoms with Crippen LogP contribution in [0.15, 0.2) is 78.9 Å². The molecule has 31 heavy (non-hydrogen) atoms. The van der Waals surface area contributed by atoms with Gasteiger partial charge in [-0.25, -0.2) is 4.79 Å². The molecule has 0 aliphatic rings. The van der Waals surface area contributed by atoms with Crippen molar-refractivity contribution in [1.82, 2.24) is 4.90 Å². The summed E-state index contributed by atoms with van der Waals surface area (Å²) in [7, 11) is 0. The highest BCUT2D eigenvalue weighted by atomic mass is 16.5. The summed E-state index contributed by atoms with van der Waals surface area (Å²) in [6.45, 7) is 3.95. The maximum Gasteiger partial charge on any atom is 0.339 e. The average Bonchev–Trinajstić information content (AvgIpc) is 2.81. The van der Waals surface area contributed by atoms with E-state index in [4.69, 9.17) is 4.74 Å². The van der Waals surface area contributed by atoms with Crippen LogP contribution >= 0.6 is 0 Å². The van der Waals surface area contributed by atoms with Crippen LogP contribution in [0.25, 0.3) is 11.1 Å². The number of benzene rings is 3. The number of rotatable bonds is 7.